The monoisotopic (exact) mass is 317 g/mol. The minimum Gasteiger partial charge on any atom is -0.494 e. The second-order valence-corrected chi connectivity index (χ2v) is 5.70. The Morgan fingerprint density at radius 3 is 3.04 bits per heavy atom. The number of aromatic nitrogens is 2. The number of hydrogen-bond donors (Lipinski definition) is 1. The van der Waals surface area contributed by atoms with Gasteiger partial charge in [0.25, 0.3) is 0 Å². The molecule has 0 fully saturated rings. The molecular formula is C17H20FN3O2. The van der Waals surface area contributed by atoms with E-state index in [1.54, 1.807) is 18.3 Å². The molecule has 1 aliphatic heterocycles. The van der Waals surface area contributed by atoms with Crippen LogP contribution in [-0.2, 0) is 17.8 Å². The number of carbonyl (C=O) groups excluding carboxylic acids is 1. The van der Waals surface area contributed by atoms with Crippen molar-refractivity contribution >= 4 is 5.91 Å². The summed E-state index contributed by atoms with van der Waals surface area (Å²) in [6.45, 7) is 1.22. The maximum absolute atomic E-state index is 12.8. The molecule has 122 valence electrons. The van der Waals surface area contributed by atoms with Gasteiger partial charge in [0.15, 0.2) is 0 Å². The molecule has 0 aliphatic carbocycles. The van der Waals surface area contributed by atoms with E-state index in [1.165, 1.54) is 12.1 Å². The Balaban J connectivity index is 1.35. The molecular weight excluding hydrogens is 297 g/mol. The summed E-state index contributed by atoms with van der Waals surface area (Å²) >= 11 is 0. The maximum Gasteiger partial charge on any atom is 0.220 e. The Labute approximate surface area is 134 Å². The molecule has 6 heteroatoms. The lowest BCUT2D eigenvalue weighted by Crippen LogP contribution is -2.40. The van der Waals surface area contributed by atoms with Crippen LogP contribution >= 0.6 is 0 Å². The van der Waals surface area contributed by atoms with Crippen molar-refractivity contribution in [3.63, 3.8) is 0 Å². The normalized spacial score (nSPS) is 16.7. The van der Waals surface area contributed by atoms with Crippen LogP contribution in [0.25, 0.3) is 0 Å². The number of benzene rings is 1. The summed E-state index contributed by atoms with van der Waals surface area (Å²) in [5.74, 6) is 1.46. The fourth-order valence-electron chi connectivity index (χ4n) is 2.74. The molecule has 2 aromatic rings. The second-order valence-electron chi connectivity index (χ2n) is 5.70. The highest BCUT2D eigenvalue weighted by molar-refractivity contribution is 5.76. The fourth-order valence-corrected chi connectivity index (χ4v) is 2.74. The van der Waals surface area contributed by atoms with E-state index in [-0.39, 0.29) is 17.8 Å². The molecule has 0 saturated heterocycles. The van der Waals surface area contributed by atoms with Crippen LogP contribution in [0, 0.1) is 5.82 Å². The van der Waals surface area contributed by atoms with E-state index in [0.717, 1.165) is 25.2 Å². The zero-order valence-corrected chi connectivity index (χ0v) is 12.9. The summed E-state index contributed by atoms with van der Waals surface area (Å²) in [7, 11) is 0. The van der Waals surface area contributed by atoms with Crippen molar-refractivity contribution in [2.24, 2.45) is 0 Å². The molecule has 1 aromatic heterocycles. The molecule has 23 heavy (non-hydrogen) atoms. The summed E-state index contributed by atoms with van der Waals surface area (Å²) < 4.78 is 20.3. The zero-order valence-electron chi connectivity index (χ0n) is 12.9. The first-order valence-electron chi connectivity index (χ1n) is 7.88. The van der Waals surface area contributed by atoms with Crippen molar-refractivity contribution < 1.29 is 13.9 Å². The van der Waals surface area contributed by atoms with Crippen LogP contribution in [0.3, 0.4) is 0 Å². The number of nitrogens with one attached hydrogen (secondary N) is 1. The molecule has 1 aromatic carbocycles. The second kappa shape index (κ2) is 7.26. The van der Waals surface area contributed by atoms with Gasteiger partial charge in [0.05, 0.1) is 6.61 Å². The number of halogens is 1. The number of aryl methyl sites for hydroxylation is 1. The average molecular weight is 317 g/mol. The first kappa shape index (κ1) is 15.5. The smallest absolute Gasteiger partial charge is 0.220 e. The third-order valence-corrected chi connectivity index (χ3v) is 3.93. The van der Waals surface area contributed by atoms with E-state index in [2.05, 4.69) is 14.9 Å². The number of fused-ring (bicyclic) bond motifs is 1. The topological polar surface area (TPSA) is 56.1 Å². The average Bonchev–Trinajstić information content (AvgIpc) is 3.01. The van der Waals surface area contributed by atoms with Crippen molar-refractivity contribution in [3.8, 4) is 5.75 Å². The number of imidazole rings is 1. The summed E-state index contributed by atoms with van der Waals surface area (Å²) in [5, 5.41) is 3.06. The maximum atomic E-state index is 12.8. The van der Waals surface area contributed by atoms with Crippen molar-refractivity contribution in [3.05, 3.63) is 48.3 Å². The van der Waals surface area contributed by atoms with Crippen LogP contribution < -0.4 is 10.1 Å². The first-order chi connectivity index (χ1) is 11.2. The van der Waals surface area contributed by atoms with Crippen LogP contribution in [0.4, 0.5) is 4.39 Å². The van der Waals surface area contributed by atoms with Gasteiger partial charge in [0, 0.05) is 37.8 Å². The molecule has 5 nitrogen and oxygen atoms in total. The van der Waals surface area contributed by atoms with Crippen LogP contribution in [0.1, 0.15) is 25.1 Å². The molecule has 0 spiro atoms. The Kier molecular flexibility index (Phi) is 4.90. The molecule has 1 amide bonds. The van der Waals surface area contributed by atoms with Crippen molar-refractivity contribution in [1.82, 2.24) is 14.9 Å². The van der Waals surface area contributed by atoms with E-state index < -0.39 is 0 Å². The van der Waals surface area contributed by atoms with Crippen LogP contribution in [0.5, 0.6) is 5.75 Å². The van der Waals surface area contributed by atoms with Gasteiger partial charge in [-0.3, -0.25) is 4.79 Å². The van der Waals surface area contributed by atoms with Crippen LogP contribution in [0.2, 0.25) is 0 Å². The highest BCUT2D eigenvalue weighted by atomic mass is 19.1. The first-order valence-corrected chi connectivity index (χ1v) is 7.88. The van der Waals surface area contributed by atoms with Crippen molar-refractivity contribution in [2.75, 3.05) is 6.61 Å². The molecule has 3 rings (SSSR count). The van der Waals surface area contributed by atoms with Crippen LogP contribution in [0.15, 0.2) is 36.7 Å². The Bertz CT molecular complexity index is 654. The Morgan fingerprint density at radius 1 is 1.39 bits per heavy atom. The van der Waals surface area contributed by atoms with E-state index in [9.17, 15) is 9.18 Å². The van der Waals surface area contributed by atoms with Gasteiger partial charge in [0.2, 0.25) is 5.91 Å². The van der Waals surface area contributed by atoms with Gasteiger partial charge in [-0.15, -0.1) is 0 Å². The van der Waals surface area contributed by atoms with E-state index in [4.69, 9.17) is 4.74 Å². The minimum atomic E-state index is -0.287. The summed E-state index contributed by atoms with van der Waals surface area (Å²) in [4.78, 5) is 16.3. The molecule has 0 bridgehead atoms. The van der Waals surface area contributed by atoms with Gasteiger partial charge in [0.1, 0.15) is 17.4 Å². The standard InChI is InChI=1S/C17H20FN3O2/c18-13-3-6-15(7-4-13)23-11-1-2-17(22)20-14-5-8-16-19-9-10-21(16)12-14/h3-4,6-7,9-10,14H,1-2,5,8,11-12H2,(H,20,22)/t14-/m1/s1. The van der Waals surface area contributed by atoms with Gasteiger partial charge in [-0.25, -0.2) is 9.37 Å². The van der Waals surface area contributed by atoms with Gasteiger partial charge < -0.3 is 14.6 Å². The molecule has 0 saturated carbocycles. The zero-order chi connectivity index (χ0) is 16.1. The Morgan fingerprint density at radius 2 is 2.22 bits per heavy atom. The summed E-state index contributed by atoms with van der Waals surface area (Å²) in [5.41, 5.74) is 0. The lowest BCUT2D eigenvalue weighted by atomic mass is 10.1. The number of amides is 1. The van der Waals surface area contributed by atoms with E-state index >= 15 is 0 Å². The lowest BCUT2D eigenvalue weighted by Gasteiger charge is -2.24. The lowest BCUT2D eigenvalue weighted by molar-refractivity contribution is -0.122. The minimum absolute atomic E-state index is 0.0428. The molecule has 1 aliphatic rings. The summed E-state index contributed by atoms with van der Waals surface area (Å²) in [6, 6.07) is 6.05. The molecule has 0 radical (unpaired) electrons. The van der Waals surface area contributed by atoms with Gasteiger partial charge >= 0.3 is 0 Å². The highest BCUT2D eigenvalue weighted by Crippen LogP contribution is 2.14. The largest absolute Gasteiger partial charge is 0.494 e. The number of ether oxygens (including phenoxy) is 1. The van der Waals surface area contributed by atoms with E-state index in [1.807, 2.05) is 6.20 Å². The fraction of sp³-hybridized carbons (Fsp3) is 0.412. The number of nitrogens with zero attached hydrogens (tertiary/aromatic N) is 2. The molecule has 0 unspecified atom stereocenters. The number of rotatable bonds is 6. The van der Waals surface area contributed by atoms with Crippen molar-refractivity contribution in [1.29, 1.82) is 0 Å². The van der Waals surface area contributed by atoms with Gasteiger partial charge in [-0.05, 0) is 37.1 Å². The van der Waals surface area contributed by atoms with E-state index in [0.29, 0.717) is 25.2 Å². The molecule has 1 N–H and O–H groups in total. The third kappa shape index (κ3) is 4.31. The van der Waals surface area contributed by atoms with Gasteiger partial charge in [-0.1, -0.05) is 0 Å². The quantitative estimate of drug-likeness (QED) is 0.832. The SMILES string of the molecule is O=C(CCCOc1ccc(F)cc1)N[C@@H]1CCc2nccn2C1. The highest BCUT2D eigenvalue weighted by Gasteiger charge is 2.19. The van der Waals surface area contributed by atoms with Crippen LogP contribution in [-0.4, -0.2) is 28.1 Å². The third-order valence-electron chi connectivity index (χ3n) is 3.93. The molecule has 1 atom stereocenters. The number of hydrogen-bond acceptors (Lipinski definition) is 3. The van der Waals surface area contributed by atoms with Crippen molar-refractivity contribution in [2.45, 2.75) is 38.3 Å². The Hall–Kier alpha value is -2.37. The predicted octanol–water partition coefficient (Wildman–Crippen LogP) is 2.31. The predicted molar refractivity (Wildman–Crippen MR) is 83.6 cm³/mol. The van der Waals surface area contributed by atoms with Gasteiger partial charge in [-0.2, -0.15) is 0 Å². The molecule has 2 heterocycles. The number of carbonyl (C=O) groups is 1. The summed E-state index contributed by atoms with van der Waals surface area (Å²) in [6.07, 6.45) is 6.62.